The van der Waals surface area contributed by atoms with Crippen LogP contribution in [0.1, 0.15) is 58.1 Å². The van der Waals surface area contributed by atoms with Gasteiger partial charge in [0.25, 0.3) is 0 Å². The van der Waals surface area contributed by atoms with Crippen LogP contribution in [0.5, 0.6) is 0 Å². The van der Waals surface area contributed by atoms with Crippen LogP contribution in [0.2, 0.25) is 0 Å². The quantitative estimate of drug-likeness (QED) is 0.836. The van der Waals surface area contributed by atoms with E-state index in [1.807, 2.05) is 30.3 Å². The minimum atomic E-state index is -3.34. The van der Waals surface area contributed by atoms with Gasteiger partial charge in [0, 0.05) is 17.8 Å². The molecule has 1 saturated carbocycles. The number of hydrogen-bond donors (Lipinski definition) is 2. The highest BCUT2D eigenvalue weighted by molar-refractivity contribution is 7.90. The topological polar surface area (TPSA) is 79.0 Å². The molecule has 1 fully saturated rings. The second-order valence-corrected chi connectivity index (χ2v) is 10.8. The number of aromatic amines is 1. The van der Waals surface area contributed by atoms with Gasteiger partial charge in [-0.15, -0.1) is 0 Å². The lowest BCUT2D eigenvalue weighted by Crippen LogP contribution is -2.45. The summed E-state index contributed by atoms with van der Waals surface area (Å²) in [4.78, 5) is 15.1. The zero-order valence-electron chi connectivity index (χ0n) is 16.2. The van der Waals surface area contributed by atoms with E-state index in [0.717, 1.165) is 42.5 Å². The van der Waals surface area contributed by atoms with Gasteiger partial charge >= 0.3 is 0 Å². The first-order valence-corrected chi connectivity index (χ1v) is 11.0. The minimum absolute atomic E-state index is 0.0329. The van der Waals surface area contributed by atoms with E-state index in [2.05, 4.69) is 15.8 Å². The standard InChI is InChI=1S/C21H28N2O3S/c1-21(2,3)27(25,26)23-18-11-9-16(10-12-18)19-13-17(14-20(24)22-19)15-7-5-4-6-8-15/h4-8,13-14,16,18,23H,9-12H2,1-3H3,(H,22,24)/t16-,18-. The Hall–Kier alpha value is -1.92. The van der Waals surface area contributed by atoms with Gasteiger partial charge in [-0.3, -0.25) is 4.79 Å². The van der Waals surface area contributed by atoms with Gasteiger partial charge in [-0.05, 0) is 69.6 Å². The lowest BCUT2D eigenvalue weighted by atomic mass is 9.83. The van der Waals surface area contributed by atoms with Gasteiger partial charge < -0.3 is 4.98 Å². The van der Waals surface area contributed by atoms with Crippen molar-refractivity contribution in [2.45, 2.75) is 63.2 Å². The molecule has 2 N–H and O–H groups in total. The lowest BCUT2D eigenvalue weighted by Gasteiger charge is -2.31. The van der Waals surface area contributed by atoms with E-state index in [9.17, 15) is 13.2 Å². The Morgan fingerprint density at radius 3 is 2.19 bits per heavy atom. The normalized spacial score (nSPS) is 21.1. The monoisotopic (exact) mass is 388 g/mol. The van der Waals surface area contributed by atoms with Gasteiger partial charge in [0.2, 0.25) is 15.6 Å². The van der Waals surface area contributed by atoms with Crippen molar-refractivity contribution >= 4 is 10.0 Å². The maximum absolute atomic E-state index is 12.4. The summed E-state index contributed by atoms with van der Waals surface area (Å²) in [6.07, 6.45) is 3.26. The molecule has 2 aromatic rings. The average Bonchev–Trinajstić information content (AvgIpc) is 2.61. The van der Waals surface area contributed by atoms with Crippen molar-refractivity contribution in [2.75, 3.05) is 0 Å². The van der Waals surface area contributed by atoms with Gasteiger partial charge in [-0.1, -0.05) is 30.3 Å². The zero-order chi connectivity index (χ0) is 19.7. The van der Waals surface area contributed by atoms with Crippen LogP contribution < -0.4 is 10.3 Å². The third kappa shape index (κ3) is 4.68. The summed E-state index contributed by atoms with van der Waals surface area (Å²) in [7, 11) is -3.34. The van der Waals surface area contributed by atoms with Gasteiger partial charge in [-0.25, -0.2) is 13.1 Å². The molecule has 27 heavy (non-hydrogen) atoms. The smallest absolute Gasteiger partial charge is 0.248 e. The molecule has 0 amide bonds. The molecule has 0 bridgehead atoms. The second-order valence-electron chi connectivity index (χ2n) is 8.34. The van der Waals surface area contributed by atoms with E-state index in [0.29, 0.717) is 0 Å². The Morgan fingerprint density at radius 2 is 1.59 bits per heavy atom. The van der Waals surface area contributed by atoms with Crippen LogP contribution in [0.3, 0.4) is 0 Å². The lowest BCUT2D eigenvalue weighted by molar-refractivity contribution is 0.367. The molecule has 0 unspecified atom stereocenters. The molecule has 5 nitrogen and oxygen atoms in total. The number of aromatic nitrogens is 1. The number of benzene rings is 1. The summed E-state index contributed by atoms with van der Waals surface area (Å²) in [5.74, 6) is 0.247. The summed E-state index contributed by atoms with van der Waals surface area (Å²) in [5.41, 5.74) is 2.79. The molecule has 1 aliphatic rings. The maximum Gasteiger partial charge on any atom is 0.248 e. The fourth-order valence-corrected chi connectivity index (χ4v) is 4.53. The summed E-state index contributed by atoms with van der Waals surface area (Å²) < 4.78 is 26.8. The molecular formula is C21H28N2O3S. The van der Waals surface area contributed by atoms with Gasteiger partial charge in [-0.2, -0.15) is 0 Å². The fraction of sp³-hybridized carbons (Fsp3) is 0.476. The predicted octanol–water partition coefficient (Wildman–Crippen LogP) is 3.79. The van der Waals surface area contributed by atoms with E-state index < -0.39 is 14.8 Å². The molecule has 0 atom stereocenters. The van der Waals surface area contributed by atoms with Crippen LogP contribution in [0, 0.1) is 0 Å². The van der Waals surface area contributed by atoms with Crippen LogP contribution in [0.25, 0.3) is 11.1 Å². The van der Waals surface area contributed by atoms with E-state index >= 15 is 0 Å². The molecule has 1 aromatic heterocycles. The van der Waals surface area contributed by atoms with Crippen LogP contribution in [-0.4, -0.2) is 24.2 Å². The molecule has 0 saturated heterocycles. The number of H-pyrrole nitrogens is 1. The third-order valence-electron chi connectivity index (χ3n) is 5.27. The first-order chi connectivity index (χ1) is 12.7. The summed E-state index contributed by atoms with van der Waals surface area (Å²) in [6, 6.07) is 13.5. The number of sulfonamides is 1. The van der Waals surface area contributed by atoms with E-state index in [1.165, 1.54) is 0 Å². The summed E-state index contributed by atoms with van der Waals surface area (Å²) in [5, 5.41) is 0. The van der Waals surface area contributed by atoms with Crippen molar-refractivity contribution in [3.8, 4) is 11.1 Å². The van der Waals surface area contributed by atoms with Crippen molar-refractivity contribution in [3.05, 3.63) is 58.5 Å². The summed E-state index contributed by atoms with van der Waals surface area (Å²) >= 11 is 0. The average molecular weight is 389 g/mol. The molecule has 1 aliphatic carbocycles. The van der Waals surface area contributed by atoms with Gasteiger partial charge in [0.05, 0.1) is 4.75 Å². The number of nitrogens with one attached hydrogen (secondary N) is 2. The van der Waals surface area contributed by atoms with Crippen LogP contribution in [0.15, 0.2) is 47.3 Å². The Morgan fingerprint density at radius 1 is 0.963 bits per heavy atom. The SMILES string of the molecule is CC(C)(C)S(=O)(=O)N[C@H]1CC[C@H](c2cc(-c3ccccc3)cc(=O)[nH]2)CC1. The highest BCUT2D eigenvalue weighted by Crippen LogP contribution is 2.33. The number of hydrogen-bond acceptors (Lipinski definition) is 3. The number of rotatable bonds is 4. The predicted molar refractivity (Wildman–Crippen MR) is 109 cm³/mol. The maximum atomic E-state index is 12.4. The first kappa shape index (κ1) is 19.8. The number of pyridine rings is 1. The van der Waals surface area contributed by atoms with Crippen LogP contribution in [-0.2, 0) is 10.0 Å². The molecule has 1 heterocycles. The second kappa shape index (κ2) is 7.60. The minimum Gasteiger partial charge on any atom is -0.326 e. The highest BCUT2D eigenvalue weighted by atomic mass is 32.2. The van der Waals surface area contributed by atoms with E-state index in [-0.39, 0.29) is 17.5 Å². The zero-order valence-corrected chi connectivity index (χ0v) is 17.0. The van der Waals surface area contributed by atoms with Crippen LogP contribution in [0.4, 0.5) is 0 Å². The van der Waals surface area contributed by atoms with Crippen molar-refractivity contribution in [1.82, 2.24) is 9.71 Å². The van der Waals surface area contributed by atoms with E-state index in [1.54, 1.807) is 26.8 Å². The third-order valence-corrected chi connectivity index (χ3v) is 7.52. The molecule has 146 valence electrons. The largest absolute Gasteiger partial charge is 0.326 e. The van der Waals surface area contributed by atoms with Crippen molar-refractivity contribution in [2.24, 2.45) is 0 Å². The van der Waals surface area contributed by atoms with Crippen LogP contribution >= 0.6 is 0 Å². The molecule has 6 heteroatoms. The fourth-order valence-electron chi connectivity index (χ4n) is 3.50. The molecule has 0 spiro atoms. The Kier molecular flexibility index (Phi) is 5.58. The Labute approximate surface area is 161 Å². The molecule has 0 aliphatic heterocycles. The Balaban J connectivity index is 1.72. The molecule has 0 radical (unpaired) electrons. The summed E-state index contributed by atoms with van der Waals surface area (Å²) in [6.45, 7) is 5.13. The first-order valence-electron chi connectivity index (χ1n) is 9.47. The molecule has 1 aromatic carbocycles. The van der Waals surface area contributed by atoms with Crippen molar-refractivity contribution < 1.29 is 8.42 Å². The highest BCUT2D eigenvalue weighted by Gasteiger charge is 2.33. The van der Waals surface area contributed by atoms with Crippen molar-refractivity contribution in [3.63, 3.8) is 0 Å². The van der Waals surface area contributed by atoms with Crippen molar-refractivity contribution in [1.29, 1.82) is 0 Å². The molecular weight excluding hydrogens is 360 g/mol. The Bertz CT molecular complexity index is 935. The van der Waals surface area contributed by atoms with E-state index in [4.69, 9.17) is 0 Å². The van der Waals surface area contributed by atoms with Gasteiger partial charge in [0.15, 0.2) is 0 Å². The van der Waals surface area contributed by atoms with Gasteiger partial charge in [0.1, 0.15) is 0 Å². The molecule has 3 rings (SSSR count).